The van der Waals surface area contributed by atoms with Crippen molar-refractivity contribution in [2.75, 3.05) is 29.9 Å². The molecule has 1 amide bonds. The summed E-state index contributed by atoms with van der Waals surface area (Å²) < 4.78 is 26.9. The van der Waals surface area contributed by atoms with Gasteiger partial charge in [0.2, 0.25) is 10.0 Å². The van der Waals surface area contributed by atoms with Crippen LogP contribution in [0.2, 0.25) is 0 Å². The second-order valence-corrected chi connectivity index (χ2v) is 10.1. The summed E-state index contributed by atoms with van der Waals surface area (Å²) in [4.78, 5) is 15.1. The number of aromatic hydroxyl groups is 1. The number of nitrogens with one attached hydrogen (secondary N) is 1. The van der Waals surface area contributed by atoms with E-state index in [-0.39, 0.29) is 16.3 Å². The summed E-state index contributed by atoms with van der Waals surface area (Å²) >= 11 is 0. The summed E-state index contributed by atoms with van der Waals surface area (Å²) in [5.74, 6) is -0.626. The van der Waals surface area contributed by atoms with Gasteiger partial charge in [-0.25, -0.2) is 8.42 Å². The van der Waals surface area contributed by atoms with Crippen LogP contribution in [-0.4, -0.2) is 43.4 Å². The van der Waals surface area contributed by atoms with E-state index >= 15 is 0 Å². The van der Waals surface area contributed by atoms with E-state index in [1.807, 2.05) is 18.2 Å². The highest BCUT2D eigenvalue weighted by Gasteiger charge is 2.23. The molecule has 2 N–H and O–H groups in total. The number of carbonyl (C=O) groups is 1. The summed E-state index contributed by atoms with van der Waals surface area (Å²) in [6.45, 7) is 5.91. The maximum absolute atomic E-state index is 12.8. The van der Waals surface area contributed by atoms with Crippen LogP contribution in [0.5, 0.6) is 5.75 Å². The fourth-order valence-electron chi connectivity index (χ4n) is 4.22. The lowest BCUT2D eigenvalue weighted by Crippen LogP contribution is -2.30. The van der Waals surface area contributed by atoms with Crippen LogP contribution in [0.4, 0.5) is 11.4 Å². The summed E-state index contributed by atoms with van der Waals surface area (Å²) in [7, 11) is -3.71. The summed E-state index contributed by atoms with van der Waals surface area (Å²) in [5, 5.41) is 12.9. The van der Waals surface area contributed by atoms with Gasteiger partial charge in [0, 0.05) is 37.4 Å². The number of nitrogens with zero attached hydrogens (tertiary/aromatic N) is 2. The van der Waals surface area contributed by atoms with Crippen LogP contribution in [0, 0.1) is 0 Å². The van der Waals surface area contributed by atoms with Gasteiger partial charge in [-0.1, -0.05) is 38.1 Å². The molecule has 8 heteroatoms. The second-order valence-electron chi connectivity index (χ2n) is 8.21. The summed E-state index contributed by atoms with van der Waals surface area (Å²) in [6.07, 6.45) is 0.977. The van der Waals surface area contributed by atoms with Gasteiger partial charge in [-0.05, 0) is 60.0 Å². The van der Waals surface area contributed by atoms with Crippen LogP contribution >= 0.6 is 0 Å². The minimum Gasteiger partial charge on any atom is -0.506 e. The average Bonchev–Trinajstić information content (AvgIpc) is 2.85. The molecule has 0 bridgehead atoms. The summed E-state index contributed by atoms with van der Waals surface area (Å²) in [5.41, 5.74) is 4.18. The van der Waals surface area contributed by atoms with Gasteiger partial charge in [0.1, 0.15) is 5.75 Å². The molecule has 34 heavy (non-hydrogen) atoms. The van der Waals surface area contributed by atoms with Crippen molar-refractivity contribution in [3.8, 4) is 5.75 Å². The predicted octanol–water partition coefficient (Wildman–Crippen LogP) is 4.24. The van der Waals surface area contributed by atoms with Gasteiger partial charge in [-0.15, -0.1) is 0 Å². The lowest BCUT2D eigenvalue weighted by atomic mass is 9.99. The first kappa shape index (κ1) is 23.8. The van der Waals surface area contributed by atoms with Crippen LogP contribution in [-0.2, 0) is 23.0 Å². The molecule has 3 aromatic carbocycles. The van der Waals surface area contributed by atoms with E-state index in [4.69, 9.17) is 0 Å². The fraction of sp³-hybridized carbons (Fsp3) is 0.269. The Balaban J connectivity index is 1.49. The maximum Gasteiger partial charge on any atom is 0.255 e. The smallest absolute Gasteiger partial charge is 0.255 e. The van der Waals surface area contributed by atoms with E-state index in [2.05, 4.69) is 28.4 Å². The van der Waals surface area contributed by atoms with Crippen molar-refractivity contribution in [2.45, 2.75) is 31.7 Å². The molecule has 0 fully saturated rings. The van der Waals surface area contributed by atoms with Gasteiger partial charge in [-0.2, -0.15) is 4.31 Å². The molecule has 1 aliphatic heterocycles. The third-order valence-electron chi connectivity index (χ3n) is 6.18. The number of carbonyl (C=O) groups excluding carboxylic acids is 1. The number of fused-ring (bicyclic) bond motifs is 1. The fourth-order valence-corrected chi connectivity index (χ4v) is 5.71. The van der Waals surface area contributed by atoms with Crippen molar-refractivity contribution in [3.05, 3.63) is 83.4 Å². The first-order valence-corrected chi connectivity index (χ1v) is 12.8. The number of hydrogen-bond donors (Lipinski definition) is 2. The highest BCUT2D eigenvalue weighted by Crippen LogP contribution is 2.29. The molecule has 0 saturated carbocycles. The van der Waals surface area contributed by atoms with Crippen molar-refractivity contribution >= 4 is 27.3 Å². The van der Waals surface area contributed by atoms with Crippen molar-refractivity contribution in [2.24, 2.45) is 0 Å². The molecule has 7 nitrogen and oxygen atoms in total. The van der Waals surface area contributed by atoms with Crippen LogP contribution in [0.3, 0.4) is 0 Å². The molecule has 0 radical (unpaired) electrons. The van der Waals surface area contributed by atoms with E-state index in [1.165, 1.54) is 33.6 Å². The zero-order valence-corrected chi connectivity index (χ0v) is 20.2. The van der Waals surface area contributed by atoms with Gasteiger partial charge in [0.15, 0.2) is 0 Å². The zero-order chi connectivity index (χ0) is 24.3. The van der Waals surface area contributed by atoms with E-state index in [9.17, 15) is 18.3 Å². The molecule has 1 aliphatic rings. The first-order valence-electron chi connectivity index (χ1n) is 11.4. The first-order chi connectivity index (χ1) is 16.3. The van der Waals surface area contributed by atoms with Crippen molar-refractivity contribution in [1.82, 2.24) is 4.31 Å². The van der Waals surface area contributed by atoms with Crippen LogP contribution in [0.25, 0.3) is 0 Å². The molecule has 0 spiro atoms. The zero-order valence-electron chi connectivity index (χ0n) is 19.4. The number of rotatable bonds is 7. The third kappa shape index (κ3) is 4.78. The molecule has 0 unspecified atom stereocenters. The molecule has 0 aromatic heterocycles. The molecular formula is C26H29N3O4S. The Kier molecular flexibility index (Phi) is 6.90. The highest BCUT2D eigenvalue weighted by molar-refractivity contribution is 7.89. The van der Waals surface area contributed by atoms with E-state index in [1.54, 1.807) is 26.0 Å². The van der Waals surface area contributed by atoms with Gasteiger partial charge < -0.3 is 15.3 Å². The normalized spacial score (nSPS) is 13.6. The molecule has 3 aromatic rings. The van der Waals surface area contributed by atoms with Crippen molar-refractivity contribution in [3.63, 3.8) is 0 Å². The topological polar surface area (TPSA) is 90.0 Å². The number of amides is 1. The maximum atomic E-state index is 12.8. The summed E-state index contributed by atoms with van der Waals surface area (Å²) in [6, 6.07) is 19.6. The lowest BCUT2D eigenvalue weighted by Gasteiger charge is -2.30. The quantitative estimate of drug-likeness (QED) is 0.495. The second kappa shape index (κ2) is 9.87. The minimum absolute atomic E-state index is 0.0185. The molecule has 0 atom stereocenters. The predicted molar refractivity (Wildman–Crippen MR) is 134 cm³/mol. The van der Waals surface area contributed by atoms with E-state index < -0.39 is 15.9 Å². The van der Waals surface area contributed by atoms with Crippen LogP contribution < -0.4 is 10.2 Å². The molecular weight excluding hydrogens is 450 g/mol. The number of anilines is 2. The number of phenolic OH excluding ortho intramolecular Hbond substituents is 1. The lowest BCUT2D eigenvalue weighted by molar-refractivity contribution is 0.102. The van der Waals surface area contributed by atoms with Gasteiger partial charge in [-0.3, -0.25) is 4.79 Å². The average molecular weight is 480 g/mol. The monoisotopic (exact) mass is 479 g/mol. The molecule has 178 valence electrons. The number of benzene rings is 3. The number of hydrogen-bond acceptors (Lipinski definition) is 5. The van der Waals surface area contributed by atoms with Gasteiger partial charge >= 0.3 is 0 Å². The Bertz CT molecular complexity index is 1290. The minimum atomic E-state index is -3.71. The Morgan fingerprint density at radius 3 is 2.35 bits per heavy atom. The van der Waals surface area contributed by atoms with Crippen molar-refractivity contribution in [1.29, 1.82) is 0 Å². The molecule has 1 heterocycles. The Labute approximate surface area is 200 Å². The molecule has 4 rings (SSSR count). The van der Waals surface area contributed by atoms with Crippen LogP contribution in [0.1, 0.15) is 35.3 Å². The van der Waals surface area contributed by atoms with E-state index in [0.717, 1.165) is 25.2 Å². The number of phenols is 1. The highest BCUT2D eigenvalue weighted by atomic mass is 32.2. The van der Waals surface area contributed by atoms with Gasteiger partial charge in [0.25, 0.3) is 5.91 Å². The molecule has 0 saturated heterocycles. The third-order valence-corrected chi connectivity index (χ3v) is 8.23. The van der Waals surface area contributed by atoms with Crippen molar-refractivity contribution < 1.29 is 18.3 Å². The number of sulfonamides is 1. The largest absolute Gasteiger partial charge is 0.506 e. The molecule has 0 aliphatic carbocycles. The Morgan fingerprint density at radius 2 is 1.68 bits per heavy atom. The Morgan fingerprint density at radius 1 is 1.00 bits per heavy atom. The van der Waals surface area contributed by atoms with Gasteiger partial charge in [0.05, 0.1) is 10.6 Å². The van der Waals surface area contributed by atoms with Crippen LogP contribution in [0.15, 0.2) is 71.6 Å². The SMILES string of the molecule is CCN(CC)S(=O)(=O)c1ccc(O)c(NC(=O)c2ccc(N3CCc4ccccc4C3)cc2)c1. The Hall–Kier alpha value is -3.36. The van der Waals surface area contributed by atoms with E-state index in [0.29, 0.717) is 18.7 Å². The standard InChI is InChI=1S/C26H29N3O4S/c1-3-29(4-2)34(32,33)23-13-14-25(30)24(17-23)27-26(31)20-9-11-22(12-10-20)28-16-15-19-7-5-6-8-21(19)18-28/h5-14,17,30H,3-4,15-16,18H2,1-2H3,(H,27,31).